The van der Waals surface area contributed by atoms with Gasteiger partial charge in [-0.25, -0.2) is 4.98 Å². The minimum absolute atomic E-state index is 0.234. The lowest BCUT2D eigenvalue weighted by Gasteiger charge is -2.09. The Labute approximate surface area is 125 Å². The fraction of sp³-hybridized carbons (Fsp3) is 0.154. The van der Waals surface area contributed by atoms with Gasteiger partial charge in [0, 0.05) is 30.0 Å². The van der Waals surface area contributed by atoms with E-state index in [1.165, 1.54) is 25.7 Å². The molecule has 2 rings (SSSR count). The van der Waals surface area contributed by atoms with E-state index in [9.17, 15) is 4.79 Å². The number of nitrogens with zero attached hydrogens (tertiary/aromatic N) is 2. The molecule has 104 valence electrons. The fourth-order valence-electron chi connectivity index (χ4n) is 1.54. The lowest BCUT2D eigenvalue weighted by Crippen LogP contribution is -2.24. The molecule has 0 fully saturated rings. The molecule has 0 aliphatic rings. The maximum Gasteiger partial charge on any atom is 0.271 e. The minimum Gasteiger partial charge on any atom is -0.495 e. The van der Waals surface area contributed by atoms with Crippen LogP contribution in [0.5, 0.6) is 5.75 Å². The van der Waals surface area contributed by atoms with Gasteiger partial charge in [-0.1, -0.05) is 23.2 Å². The van der Waals surface area contributed by atoms with Crippen LogP contribution in [0.15, 0.2) is 30.7 Å². The molecule has 0 spiro atoms. The van der Waals surface area contributed by atoms with Crippen molar-refractivity contribution in [2.24, 2.45) is 0 Å². The van der Waals surface area contributed by atoms with E-state index in [1.807, 2.05) is 0 Å². The number of ether oxygens (including phenoxy) is 1. The zero-order chi connectivity index (χ0) is 14.5. The SMILES string of the molecule is COc1cc(Cl)c(CNC(=O)c2cnccn2)cc1Cl. The number of aromatic nitrogens is 2. The summed E-state index contributed by atoms with van der Waals surface area (Å²) < 4.78 is 5.05. The lowest BCUT2D eigenvalue weighted by atomic mass is 10.2. The molecule has 1 amide bonds. The van der Waals surface area contributed by atoms with Gasteiger partial charge in [-0.05, 0) is 11.6 Å². The molecule has 1 N–H and O–H groups in total. The standard InChI is InChI=1S/C13H11Cl2N3O2/c1-20-12-5-9(14)8(4-10(12)15)6-18-13(19)11-7-16-2-3-17-11/h2-5,7H,6H2,1H3,(H,18,19). The molecule has 2 aromatic rings. The summed E-state index contributed by atoms with van der Waals surface area (Å²) >= 11 is 12.1. The molecule has 1 heterocycles. The molecule has 1 aromatic carbocycles. The second kappa shape index (κ2) is 6.54. The number of halogens is 2. The van der Waals surface area contributed by atoms with Crippen molar-refractivity contribution >= 4 is 29.1 Å². The molecular weight excluding hydrogens is 301 g/mol. The highest BCUT2D eigenvalue weighted by Gasteiger charge is 2.10. The minimum atomic E-state index is -0.332. The molecule has 0 aliphatic carbocycles. The van der Waals surface area contributed by atoms with E-state index in [0.29, 0.717) is 21.4 Å². The number of amides is 1. The van der Waals surface area contributed by atoms with Crippen LogP contribution in [0.3, 0.4) is 0 Å². The Morgan fingerprint density at radius 1 is 1.30 bits per heavy atom. The summed E-state index contributed by atoms with van der Waals surface area (Å²) in [6.45, 7) is 0.234. The number of hydrogen-bond acceptors (Lipinski definition) is 4. The Kier molecular flexibility index (Phi) is 4.76. The predicted octanol–water partition coefficient (Wildman–Crippen LogP) is 2.72. The largest absolute Gasteiger partial charge is 0.495 e. The van der Waals surface area contributed by atoms with Gasteiger partial charge in [0.25, 0.3) is 5.91 Å². The first-order chi connectivity index (χ1) is 9.61. The Morgan fingerprint density at radius 3 is 2.75 bits per heavy atom. The Morgan fingerprint density at radius 2 is 2.10 bits per heavy atom. The molecule has 0 unspecified atom stereocenters. The maximum atomic E-state index is 11.8. The Bertz CT molecular complexity index is 621. The van der Waals surface area contributed by atoms with E-state index < -0.39 is 0 Å². The lowest BCUT2D eigenvalue weighted by molar-refractivity contribution is 0.0945. The van der Waals surface area contributed by atoms with Crippen LogP contribution in [0, 0.1) is 0 Å². The summed E-state index contributed by atoms with van der Waals surface area (Å²) in [5, 5.41) is 3.59. The molecule has 7 heteroatoms. The molecule has 0 radical (unpaired) electrons. The second-order valence-corrected chi connectivity index (χ2v) is 4.67. The Balaban J connectivity index is 2.08. The van der Waals surface area contributed by atoms with Gasteiger partial charge < -0.3 is 10.1 Å². The first kappa shape index (κ1) is 14.6. The zero-order valence-corrected chi connectivity index (χ0v) is 12.1. The van der Waals surface area contributed by atoms with Crippen LogP contribution in [0.1, 0.15) is 16.1 Å². The second-order valence-electron chi connectivity index (χ2n) is 3.85. The van der Waals surface area contributed by atoms with E-state index in [0.717, 1.165) is 0 Å². The highest BCUT2D eigenvalue weighted by molar-refractivity contribution is 6.34. The van der Waals surface area contributed by atoms with E-state index in [4.69, 9.17) is 27.9 Å². The van der Waals surface area contributed by atoms with Gasteiger partial charge >= 0.3 is 0 Å². The van der Waals surface area contributed by atoms with Crippen LogP contribution in [-0.4, -0.2) is 23.0 Å². The molecule has 0 aliphatic heterocycles. The number of hydrogen-bond donors (Lipinski definition) is 1. The maximum absolute atomic E-state index is 11.8. The summed E-state index contributed by atoms with van der Waals surface area (Å²) in [4.78, 5) is 19.6. The van der Waals surface area contributed by atoms with Crippen molar-refractivity contribution < 1.29 is 9.53 Å². The molecule has 0 saturated carbocycles. The molecule has 0 saturated heterocycles. The van der Waals surface area contributed by atoms with Gasteiger partial charge in [-0.3, -0.25) is 9.78 Å². The van der Waals surface area contributed by atoms with Crippen molar-refractivity contribution in [3.05, 3.63) is 52.0 Å². The van der Waals surface area contributed by atoms with Crippen LogP contribution in [0.25, 0.3) is 0 Å². The number of benzene rings is 1. The first-order valence-corrected chi connectivity index (χ1v) is 6.43. The van der Waals surface area contributed by atoms with Crippen molar-refractivity contribution in [3.8, 4) is 5.75 Å². The highest BCUT2D eigenvalue weighted by atomic mass is 35.5. The summed E-state index contributed by atoms with van der Waals surface area (Å²) in [6.07, 6.45) is 4.33. The van der Waals surface area contributed by atoms with Crippen LogP contribution in [0.2, 0.25) is 10.0 Å². The van der Waals surface area contributed by atoms with Gasteiger partial charge in [0.2, 0.25) is 0 Å². The quantitative estimate of drug-likeness (QED) is 0.943. The fourth-order valence-corrected chi connectivity index (χ4v) is 2.03. The number of carbonyl (C=O) groups excluding carboxylic acids is 1. The van der Waals surface area contributed by atoms with Gasteiger partial charge in [0.15, 0.2) is 0 Å². The molecule has 20 heavy (non-hydrogen) atoms. The van der Waals surface area contributed by atoms with Crippen molar-refractivity contribution in [1.29, 1.82) is 0 Å². The number of rotatable bonds is 4. The monoisotopic (exact) mass is 311 g/mol. The number of methoxy groups -OCH3 is 1. The predicted molar refractivity (Wildman–Crippen MR) is 76.2 cm³/mol. The number of carbonyl (C=O) groups is 1. The molecule has 0 bridgehead atoms. The van der Waals surface area contributed by atoms with Crippen LogP contribution in [-0.2, 0) is 6.54 Å². The van der Waals surface area contributed by atoms with Gasteiger partial charge in [-0.15, -0.1) is 0 Å². The third kappa shape index (κ3) is 3.37. The molecular formula is C13H11Cl2N3O2. The summed E-state index contributed by atoms with van der Waals surface area (Å²) in [5.41, 5.74) is 0.929. The molecule has 1 aromatic heterocycles. The van der Waals surface area contributed by atoms with Gasteiger partial charge in [-0.2, -0.15) is 0 Å². The topological polar surface area (TPSA) is 64.1 Å². The average Bonchev–Trinajstić information content (AvgIpc) is 2.48. The van der Waals surface area contributed by atoms with Crippen molar-refractivity contribution in [3.63, 3.8) is 0 Å². The van der Waals surface area contributed by atoms with E-state index in [2.05, 4.69) is 15.3 Å². The zero-order valence-electron chi connectivity index (χ0n) is 10.6. The smallest absolute Gasteiger partial charge is 0.271 e. The van der Waals surface area contributed by atoms with E-state index >= 15 is 0 Å². The van der Waals surface area contributed by atoms with Crippen LogP contribution < -0.4 is 10.1 Å². The van der Waals surface area contributed by atoms with Crippen molar-refractivity contribution in [2.75, 3.05) is 7.11 Å². The van der Waals surface area contributed by atoms with Crippen molar-refractivity contribution in [1.82, 2.24) is 15.3 Å². The summed E-state index contributed by atoms with van der Waals surface area (Å²) in [6, 6.07) is 3.26. The van der Waals surface area contributed by atoms with Crippen molar-refractivity contribution in [2.45, 2.75) is 6.54 Å². The third-order valence-corrected chi connectivity index (χ3v) is 3.20. The van der Waals surface area contributed by atoms with Crippen LogP contribution >= 0.6 is 23.2 Å². The summed E-state index contributed by atoms with van der Waals surface area (Å²) in [5.74, 6) is 0.154. The third-order valence-electron chi connectivity index (χ3n) is 2.56. The highest BCUT2D eigenvalue weighted by Crippen LogP contribution is 2.30. The first-order valence-electron chi connectivity index (χ1n) is 5.68. The average molecular weight is 312 g/mol. The van der Waals surface area contributed by atoms with Gasteiger partial charge in [0.1, 0.15) is 11.4 Å². The normalized spacial score (nSPS) is 10.2. The Hall–Kier alpha value is -1.85. The number of nitrogens with one attached hydrogen (secondary N) is 1. The molecule has 5 nitrogen and oxygen atoms in total. The molecule has 0 atom stereocenters. The van der Waals surface area contributed by atoms with Crippen LogP contribution in [0.4, 0.5) is 0 Å². The van der Waals surface area contributed by atoms with Gasteiger partial charge in [0.05, 0.1) is 18.3 Å². The van der Waals surface area contributed by atoms with E-state index in [-0.39, 0.29) is 18.1 Å². The summed E-state index contributed by atoms with van der Waals surface area (Å²) in [7, 11) is 1.51. The van der Waals surface area contributed by atoms with E-state index in [1.54, 1.807) is 12.1 Å².